The van der Waals surface area contributed by atoms with E-state index in [0.29, 0.717) is 0 Å². The molecule has 0 fully saturated rings. The zero-order chi connectivity index (χ0) is 17.5. The summed E-state index contributed by atoms with van der Waals surface area (Å²) in [6, 6.07) is 24.9. The highest BCUT2D eigenvalue weighted by atomic mass is 19.1. The van der Waals surface area contributed by atoms with Gasteiger partial charge in [0, 0.05) is 17.5 Å². The van der Waals surface area contributed by atoms with Crippen LogP contribution in [0.4, 0.5) is 4.39 Å². The van der Waals surface area contributed by atoms with E-state index in [2.05, 4.69) is 18.2 Å². The van der Waals surface area contributed by atoms with E-state index in [0.717, 1.165) is 34.6 Å². The lowest BCUT2D eigenvalue weighted by Gasteiger charge is -2.38. The molecule has 2 atom stereocenters. The first-order valence-corrected chi connectivity index (χ1v) is 8.72. The van der Waals surface area contributed by atoms with Crippen LogP contribution in [0.2, 0.25) is 0 Å². The molecule has 0 N–H and O–H groups in total. The summed E-state index contributed by atoms with van der Waals surface area (Å²) in [5, 5.41) is 6.91. The van der Waals surface area contributed by atoms with E-state index in [1.807, 2.05) is 41.4 Å². The first-order chi connectivity index (χ1) is 12.8. The molecule has 0 unspecified atom stereocenters. The maximum atomic E-state index is 13.3. The molecule has 0 bridgehead atoms. The predicted octanol–water partition coefficient (Wildman–Crippen LogP) is 5.07. The van der Waals surface area contributed by atoms with Crippen molar-refractivity contribution in [1.82, 2.24) is 5.01 Å². The molecule has 0 radical (unpaired) electrons. The molecular formula is C22H17FN2O. The number of halogens is 1. The van der Waals surface area contributed by atoms with E-state index in [9.17, 15) is 4.39 Å². The molecule has 0 amide bonds. The van der Waals surface area contributed by atoms with Crippen LogP contribution in [0.15, 0.2) is 84.0 Å². The van der Waals surface area contributed by atoms with E-state index >= 15 is 0 Å². The van der Waals surface area contributed by atoms with Gasteiger partial charge in [0.2, 0.25) is 6.23 Å². The molecule has 4 heteroatoms. The third kappa shape index (κ3) is 2.46. The largest absolute Gasteiger partial charge is 0.464 e. The summed E-state index contributed by atoms with van der Waals surface area (Å²) < 4.78 is 19.6. The maximum absolute atomic E-state index is 13.3. The van der Waals surface area contributed by atoms with Gasteiger partial charge in [0.1, 0.15) is 11.6 Å². The van der Waals surface area contributed by atoms with Gasteiger partial charge in [0.05, 0.1) is 11.8 Å². The Morgan fingerprint density at radius 3 is 2.42 bits per heavy atom. The van der Waals surface area contributed by atoms with Crippen LogP contribution < -0.4 is 4.74 Å². The Kier molecular flexibility index (Phi) is 3.49. The molecule has 2 aliphatic rings. The first-order valence-electron chi connectivity index (χ1n) is 8.72. The highest BCUT2D eigenvalue weighted by molar-refractivity contribution is 6.01. The number of hydrogen-bond donors (Lipinski definition) is 0. The molecule has 3 nitrogen and oxygen atoms in total. The molecule has 0 aromatic heterocycles. The summed E-state index contributed by atoms with van der Waals surface area (Å²) >= 11 is 0. The van der Waals surface area contributed by atoms with Gasteiger partial charge in [-0.2, -0.15) is 5.10 Å². The lowest BCUT2D eigenvalue weighted by atomic mass is 9.96. The molecule has 2 heterocycles. The fraction of sp³-hybridized carbons (Fsp3) is 0.136. The van der Waals surface area contributed by atoms with Gasteiger partial charge in [-0.05, 0) is 23.8 Å². The number of para-hydroxylation sites is 1. The van der Waals surface area contributed by atoms with Crippen molar-refractivity contribution < 1.29 is 9.13 Å². The number of benzene rings is 3. The molecule has 5 rings (SSSR count). The van der Waals surface area contributed by atoms with Crippen LogP contribution in [0.1, 0.15) is 35.4 Å². The molecule has 0 aliphatic carbocycles. The number of ether oxygens (including phenoxy) is 1. The van der Waals surface area contributed by atoms with Crippen molar-refractivity contribution in [3.05, 3.63) is 101 Å². The van der Waals surface area contributed by atoms with Crippen molar-refractivity contribution in [3.63, 3.8) is 0 Å². The fourth-order valence-electron chi connectivity index (χ4n) is 3.69. The summed E-state index contributed by atoms with van der Waals surface area (Å²) in [4.78, 5) is 0. The topological polar surface area (TPSA) is 24.8 Å². The predicted molar refractivity (Wildman–Crippen MR) is 98.4 cm³/mol. The lowest BCUT2D eigenvalue weighted by molar-refractivity contribution is -0.0190. The normalized spacial score (nSPS) is 20.8. The Balaban J connectivity index is 1.59. The minimum atomic E-state index is -0.269. The Morgan fingerprint density at radius 1 is 0.885 bits per heavy atom. The number of hydrazone groups is 1. The second kappa shape index (κ2) is 5.99. The average molecular weight is 344 g/mol. The molecule has 26 heavy (non-hydrogen) atoms. The van der Waals surface area contributed by atoms with Gasteiger partial charge in [-0.25, -0.2) is 9.40 Å². The van der Waals surface area contributed by atoms with Crippen LogP contribution in [0, 0.1) is 5.82 Å². The smallest absolute Gasteiger partial charge is 0.213 e. The first kappa shape index (κ1) is 15.1. The molecule has 128 valence electrons. The van der Waals surface area contributed by atoms with E-state index in [-0.39, 0.29) is 18.1 Å². The second-order valence-corrected chi connectivity index (χ2v) is 6.57. The van der Waals surface area contributed by atoms with Crippen molar-refractivity contribution in [3.8, 4) is 5.75 Å². The standard InChI is InChI=1S/C22H17FN2O/c23-17-12-10-15(11-13-17)19-14-20-18-8-4-5-9-21(18)26-22(25(20)24-19)16-6-2-1-3-7-16/h1-13,20,22H,14H2/t20-,22+/m1/s1. The average Bonchev–Trinajstić information content (AvgIpc) is 3.14. The summed E-state index contributed by atoms with van der Waals surface area (Å²) in [5.74, 6) is 0.666. The Labute approximate surface area is 151 Å². The lowest BCUT2D eigenvalue weighted by Crippen LogP contribution is -2.33. The number of fused-ring (bicyclic) bond motifs is 3. The van der Waals surface area contributed by atoms with Gasteiger partial charge in [-0.3, -0.25) is 0 Å². The van der Waals surface area contributed by atoms with E-state index in [1.165, 1.54) is 12.1 Å². The van der Waals surface area contributed by atoms with Crippen LogP contribution >= 0.6 is 0 Å². The second-order valence-electron chi connectivity index (χ2n) is 6.57. The summed E-state index contributed by atoms with van der Waals surface area (Å²) in [6.45, 7) is 0. The molecule has 0 saturated heterocycles. The highest BCUT2D eigenvalue weighted by Crippen LogP contribution is 2.47. The van der Waals surface area contributed by atoms with Crippen molar-refractivity contribution in [1.29, 1.82) is 0 Å². The minimum absolute atomic E-state index is 0.116. The Hall–Kier alpha value is -3.14. The van der Waals surface area contributed by atoms with Crippen molar-refractivity contribution in [2.75, 3.05) is 0 Å². The molecular weight excluding hydrogens is 327 g/mol. The van der Waals surface area contributed by atoms with Crippen molar-refractivity contribution >= 4 is 5.71 Å². The third-order valence-electron chi connectivity index (χ3n) is 4.96. The molecule has 2 aliphatic heterocycles. The highest BCUT2D eigenvalue weighted by Gasteiger charge is 2.40. The van der Waals surface area contributed by atoms with Crippen LogP contribution in [0.3, 0.4) is 0 Å². The molecule has 0 spiro atoms. The van der Waals surface area contributed by atoms with Crippen LogP contribution in [-0.4, -0.2) is 10.7 Å². The molecule has 0 saturated carbocycles. The summed E-state index contributed by atoms with van der Waals surface area (Å²) in [6.07, 6.45) is 0.504. The van der Waals surface area contributed by atoms with E-state index in [1.54, 1.807) is 12.1 Å². The zero-order valence-electron chi connectivity index (χ0n) is 14.0. The van der Waals surface area contributed by atoms with Gasteiger partial charge in [0.15, 0.2) is 0 Å². The van der Waals surface area contributed by atoms with E-state index < -0.39 is 0 Å². The summed E-state index contributed by atoms with van der Waals surface area (Å²) in [5.41, 5.74) is 4.11. The zero-order valence-corrected chi connectivity index (χ0v) is 14.0. The third-order valence-corrected chi connectivity index (χ3v) is 4.96. The van der Waals surface area contributed by atoms with Crippen molar-refractivity contribution in [2.45, 2.75) is 18.7 Å². The van der Waals surface area contributed by atoms with Gasteiger partial charge in [-0.15, -0.1) is 0 Å². The maximum Gasteiger partial charge on any atom is 0.213 e. The summed E-state index contributed by atoms with van der Waals surface area (Å²) in [7, 11) is 0. The van der Waals surface area contributed by atoms with Crippen molar-refractivity contribution in [2.24, 2.45) is 5.10 Å². The van der Waals surface area contributed by atoms with Crippen LogP contribution in [-0.2, 0) is 0 Å². The van der Waals surface area contributed by atoms with Gasteiger partial charge in [0.25, 0.3) is 0 Å². The van der Waals surface area contributed by atoms with Gasteiger partial charge < -0.3 is 4.74 Å². The van der Waals surface area contributed by atoms with Gasteiger partial charge in [-0.1, -0.05) is 60.7 Å². The fourth-order valence-corrected chi connectivity index (χ4v) is 3.69. The molecule has 3 aromatic carbocycles. The van der Waals surface area contributed by atoms with E-state index in [4.69, 9.17) is 9.84 Å². The number of hydrogen-bond acceptors (Lipinski definition) is 3. The van der Waals surface area contributed by atoms with Crippen LogP contribution in [0.5, 0.6) is 5.75 Å². The number of rotatable bonds is 2. The monoisotopic (exact) mass is 344 g/mol. The minimum Gasteiger partial charge on any atom is -0.464 e. The molecule has 3 aromatic rings. The van der Waals surface area contributed by atoms with Crippen LogP contribution in [0.25, 0.3) is 0 Å². The Bertz CT molecular complexity index is 969. The number of nitrogens with zero attached hydrogens (tertiary/aromatic N) is 2. The quantitative estimate of drug-likeness (QED) is 0.648. The Morgan fingerprint density at radius 2 is 1.62 bits per heavy atom. The SMILES string of the molecule is Fc1ccc(C2=NN3[C@H](C2)c2ccccc2O[C@H]3c2ccccc2)cc1. The van der Waals surface area contributed by atoms with Gasteiger partial charge >= 0.3 is 0 Å².